The Balaban J connectivity index is 1.66. The highest BCUT2D eigenvalue weighted by atomic mass is 15.1. The molecule has 3 aromatic rings. The Morgan fingerprint density at radius 3 is 2.24 bits per heavy atom. The smallest absolute Gasteiger partial charge is 0.222 e. The van der Waals surface area contributed by atoms with E-state index >= 15 is 0 Å². The zero-order valence-corrected chi connectivity index (χ0v) is 11.7. The summed E-state index contributed by atoms with van der Waals surface area (Å²) in [7, 11) is 0. The molecule has 5 heteroatoms. The Morgan fingerprint density at radius 1 is 0.810 bits per heavy atom. The number of hydrogen-bond donors (Lipinski definition) is 1. The van der Waals surface area contributed by atoms with E-state index in [1.807, 2.05) is 49.6 Å². The average Bonchev–Trinajstić information content (AvgIpc) is 2.56. The van der Waals surface area contributed by atoms with Crippen LogP contribution in [-0.4, -0.2) is 19.9 Å². The second kappa shape index (κ2) is 6.09. The van der Waals surface area contributed by atoms with Gasteiger partial charge in [-0.25, -0.2) is 9.97 Å². The highest BCUT2D eigenvalue weighted by Crippen LogP contribution is 2.17. The van der Waals surface area contributed by atoms with Gasteiger partial charge in [-0.1, -0.05) is 30.3 Å². The second-order valence-corrected chi connectivity index (χ2v) is 4.66. The second-order valence-electron chi connectivity index (χ2n) is 4.66. The quantitative estimate of drug-likeness (QED) is 0.794. The first kappa shape index (κ1) is 13.2. The molecule has 0 saturated carbocycles. The highest BCUT2D eigenvalue weighted by Gasteiger charge is 2.01. The van der Waals surface area contributed by atoms with Crippen molar-refractivity contribution in [1.29, 1.82) is 0 Å². The standard InChI is InChI=1S/C16H15N5/c1-12-7-18-15(10-17-12)11-21-16-19-8-14(9-20-16)13-5-3-2-4-6-13/h2-10H,11H2,1H3,(H,19,20,21). The van der Waals surface area contributed by atoms with E-state index in [4.69, 9.17) is 0 Å². The van der Waals surface area contributed by atoms with Crippen molar-refractivity contribution in [1.82, 2.24) is 19.9 Å². The van der Waals surface area contributed by atoms with E-state index < -0.39 is 0 Å². The lowest BCUT2D eigenvalue weighted by Crippen LogP contribution is -2.05. The minimum absolute atomic E-state index is 0.554. The number of hydrogen-bond acceptors (Lipinski definition) is 5. The first-order valence-electron chi connectivity index (χ1n) is 6.70. The maximum Gasteiger partial charge on any atom is 0.222 e. The summed E-state index contributed by atoms with van der Waals surface area (Å²) in [6, 6.07) is 10.1. The fourth-order valence-electron chi connectivity index (χ4n) is 1.88. The van der Waals surface area contributed by atoms with Gasteiger partial charge in [-0.15, -0.1) is 0 Å². The molecule has 21 heavy (non-hydrogen) atoms. The van der Waals surface area contributed by atoms with E-state index in [0.717, 1.165) is 22.5 Å². The van der Waals surface area contributed by atoms with Crippen molar-refractivity contribution < 1.29 is 0 Å². The third-order valence-electron chi connectivity index (χ3n) is 3.02. The lowest BCUT2D eigenvalue weighted by Gasteiger charge is -2.05. The number of anilines is 1. The topological polar surface area (TPSA) is 63.6 Å². The van der Waals surface area contributed by atoms with Gasteiger partial charge in [0.25, 0.3) is 0 Å². The molecule has 2 aromatic heterocycles. The Labute approximate surface area is 123 Å². The van der Waals surface area contributed by atoms with Crippen LogP contribution in [-0.2, 0) is 6.54 Å². The van der Waals surface area contributed by atoms with Gasteiger partial charge in [-0.05, 0) is 12.5 Å². The Morgan fingerprint density at radius 2 is 1.57 bits per heavy atom. The number of nitrogens with zero attached hydrogens (tertiary/aromatic N) is 4. The maximum atomic E-state index is 4.32. The van der Waals surface area contributed by atoms with Crippen LogP contribution in [0.3, 0.4) is 0 Å². The summed E-state index contributed by atoms with van der Waals surface area (Å²) in [5.74, 6) is 0.581. The van der Waals surface area contributed by atoms with Crippen molar-refractivity contribution in [3.8, 4) is 11.1 Å². The van der Waals surface area contributed by atoms with Gasteiger partial charge < -0.3 is 5.32 Å². The Bertz CT molecular complexity index is 693. The number of nitrogens with one attached hydrogen (secondary N) is 1. The first-order chi connectivity index (χ1) is 10.3. The van der Waals surface area contributed by atoms with E-state index in [9.17, 15) is 0 Å². The molecule has 0 saturated heterocycles. The van der Waals surface area contributed by atoms with Crippen LogP contribution in [0.25, 0.3) is 11.1 Å². The summed E-state index contributed by atoms with van der Waals surface area (Å²) in [5, 5.41) is 3.13. The van der Waals surface area contributed by atoms with E-state index in [1.165, 1.54) is 0 Å². The normalized spacial score (nSPS) is 10.3. The summed E-state index contributed by atoms with van der Waals surface area (Å²) in [4.78, 5) is 17.1. The number of rotatable bonds is 4. The van der Waals surface area contributed by atoms with Gasteiger partial charge in [0, 0.05) is 24.2 Å². The summed E-state index contributed by atoms with van der Waals surface area (Å²) < 4.78 is 0. The summed E-state index contributed by atoms with van der Waals surface area (Å²) >= 11 is 0. The molecule has 0 spiro atoms. The van der Waals surface area contributed by atoms with Crippen molar-refractivity contribution in [2.24, 2.45) is 0 Å². The fraction of sp³-hybridized carbons (Fsp3) is 0.125. The zero-order chi connectivity index (χ0) is 14.5. The molecule has 1 aromatic carbocycles. The monoisotopic (exact) mass is 277 g/mol. The Hall–Kier alpha value is -2.82. The van der Waals surface area contributed by atoms with Gasteiger partial charge in [-0.2, -0.15) is 0 Å². The van der Waals surface area contributed by atoms with Crippen LogP contribution >= 0.6 is 0 Å². The van der Waals surface area contributed by atoms with Crippen molar-refractivity contribution in [2.45, 2.75) is 13.5 Å². The molecule has 0 fully saturated rings. The molecular weight excluding hydrogens is 262 g/mol. The van der Waals surface area contributed by atoms with Crippen molar-refractivity contribution in [3.05, 3.63) is 66.5 Å². The third kappa shape index (κ3) is 3.39. The lowest BCUT2D eigenvalue weighted by molar-refractivity contribution is 0.963. The molecule has 0 aliphatic carbocycles. The molecule has 1 N–H and O–H groups in total. The molecular formula is C16H15N5. The van der Waals surface area contributed by atoms with Crippen molar-refractivity contribution in [2.75, 3.05) is 5.32 Å². The molecule has 3 rings (SSSR count). The number of aromatic nitrogens is 4. The average molecular weight is 277 g/mol. The number of aryl methyl sites for hydroxylation is 1. The Kier molecular flexibility index (Phi) is 3.82. The molecule has 0 amide bonds. The largest absolute Gasteiger partial charge is 0.349 e. The molecule has 0 bridgehead atoms. The summed E-state index contributed by atoms with van der Waals surface area (Å²) in [6.45, 7) is 2.47. The van der Waals surface area contributed by atoms with E-state index in [1.54, 1.807) is 12.4 Å². The minimum atomic E-state index is 0.554. The molecule has 0 atom stereocenters. The molecule has 0 aliphatic heterocycles. The van der Waals surface area contributed by atoms with Gasteiger partial charge in [0.1, 0.15) is 0 Å². The third-order valence-corrected chi connectivity index (χ3v) is 3.02. The summed E-state index contributed by atoms with van der Waals surface area (Å²) in [5.41, 5.74) is 3.86. The van der Waals surface area contributed by atoms with Gasteiger partial charge in [-0.3, -0.25) is 9.97 Å². The van der Waals surface area contributed by atoms with Crippen LogP contribution < -0.4 is 5.32 Å². The van der Waals surface area contributed by atoms with Crippen LogP contribution in [0.4, 0.5) is 5.95 Å². The SMILES string of the molecule is Cc1cnc(CNc2ncc(-c3ccccc3)cn2)cn1. The summed E-state index contributed by atoms with van der Waals surface area (Å²) in [6.07, 6.45) is 7.12. The van der Waals surface area contributed by atoms with Crippen LogP contribution in [0.1, 0.15) is 11.4 Å². The van der Waals surface area contributed by atoms with Crippen LogP contribution in [0, 0.1) is 6.92 Å². The predicted molar refractivity (Wildman–Crippen MR) is 81.6 cm³/mol. The molecule has 104 valence electrons. The van der Waals surface area contributed by atoms with E-state index in [-0.39, 0.29) is 0 Å². The van der Waals surface area contributed by atoms with Crippen molar-refractivity contribution >= 4 is 5.95 Å². The van der Waals surface area contributed by atoms with E-state index in [2.05, 4.69) is 25.3 Å². The lowest BCUT2D eigenvalue weighted by atomic mass is 10.1. The van der Waals surface area contributed by atoms with Gasteiger partial charge >= 0.3 is 0 Å². The van der Waals surface area contributed by atoms with Gasteiger partial charge in [0.15, 0.2) is 0 Å². The van der Waals surface area contributed by atoms with Crippen molar-refractivity contribution in [3.63, 3.8) is 0 Å². The van der Waals surface area contributed by atoms with Gasteiger partial charge in [0.2, 0.25) is 5.95 Å². The molecule has 2 heterocycles. The zero-order valence-electron chi connectivity index (χ0n) is 11.7. The minimum Gasteiger partial charge on any atom is -0.349 e. The van der Waals surface area contributed by atoms with Crippen LogP contribution in [0.2, 0.25) is 0 Å². The molecule has 0 aliphatic rings. The van der Waals surface area contributed by atoms with Crippen LogP contribution in [0.5, 0.6) is 0 Å². The maximum absolute atomic E-state index is 4.32. The van der Waals surface area contributed by atoms with Crippen LogP contribution in [0.15, 0.2) is 55.1 Å². The van der Waals surface area contributed by atoms with Gasteiger partial charge in [0.05, 0.1) is 24.1 Å². The fourth-order valence-corrected chi connectivity index (χ4v) is 1.88. The molecule has 0 unspecified atom stereocenters. The first-order valence-corrected chi connectivity index (χ1v) is 6.70. The number of benzene rings is 1. The highest BCUT2D eigenvalue weighted by molar-refractivity contribution is 5.61. The molecule has 0 radical (unpaired) electrons. The molecule has 5 nitrogen and oxygen atoms in total. The predicted octanol–water partition coefficient (Wildman–Crippen LogP) is 2.85. The van der Waals surface area contributed by atoms with E-state index in [0.29, 0.717) is 12.5 Å².